The number of nitrogen functional groups attached to an aromatic ring is 1. The van der Waals surface area contributed by atoms with Crippen LogP contribution in [-0.2, 0) is 14.8 Å². The lowest BCUT2D eigenvalue weighted by Gasteiger charge is -2.32. The molecule has 0 aromatic heterocycles. The van der Waals surface area contributed by atoms with Gasteiger partial charge in [-0.25, -0.2) is 13.6 Å². The average molecular weight is 301 g/mol. The summed E-state index contributed by atoms with van der Waals surface area (Å²) in [7, 11) is -3.82. The Kier molecular flexibility index (Phi) is 4.19. The van der Waals surface area contributed by atoms with Crippen LogP contribution in [0.1, 0.15) is 12.8 Å². The first-order valence-corrected chi connectivity index (χ1v) is 7.81. The van der Waals surface area contributed by atoms with Gasteiger partial charge < -0.3 is 20.9 Å². The number of sulfonamides is 1. The van der Waals surface area contributed by atoms with Gasteiger partial charge in [0.05, 0.1) is 11.3 Å². The molecular weight excluding hydrogens is 282 g/mol. The third-order valence-corrected chi connectivity index (χ3v) is 4.35. The van der Waals surface area contributed by atoms with Crippen LogP contribution in [0.15, 0.2) is 23.1 Å². The summed E-state index contributed by atoms with van der Waals surface area (Å²) < 4.78 is 27.7. The summed E-state index contributed by atoms with van der Waals surface area (Å²) in [6.45, 7) is 1.42. The van der Waals surface area contributed by atoms with E-state index < -0.39 is 15.6 Å². The number of hydrogen-bond acceptors (Lipinski definition) is 6. The molecule has 8 heteroatoms. The van der Waals surface area contributed by atoms with Crippen LogP contribution in [-0.4, -0.2) is 38.9 Å². The van der Waals surface area contributed by atoms with Crippen LogP contribution in [0.5, 0.6) is 0 Å². The first-order valence-electron chi connectivity index (χ1n) is 6.27. The van der Waals surface area contributed by atoms with E-state index in [2.05, 4.69) is 5.32 Å². The van der Waals surface area contributed by atoms with Gasteiger partial charge in [-0.1, -0.05) is 0 Å². The normalized spacial score (nSPS) is 18.7. The van der Waals surface area contributed by atoms with Gasteiger partial charge in [-0.05, 0) is 18.2 Å². The molecule has 1 aliphatic rings. The summed E-state index contributed by atoms with van der Waals surface area (Å²) in [5, 5.41) is 18.4. The maximum absolute atomic E-state index is 11.2. The summed E-state index contributed by atoms with van der Waals surface area (Å²) in [4.78, 5) is -0.104. The number of rotatable bonds is 4. The molecular formula is C12H19N3O4S. The number of primary sulfonamides is 1. The van der Waals surface area contributed by atoms with Crippen molar-refractivity contribution in [2.45, 2.75) is 23.3 Å². The molecule has 1 aromatic rings. The lowest BCUT2D eigenvalue weighted by molar-refractivity contribution is -0.0543. The standard InChI is InChI=1S/C12H19N3O4S/c13-10-7-9(1-2-11(10)20(14,17)18)15-8-12(16)3-5-19-6-4-12/h1-2,7,15-16H,3-6,8,13H2,(H2,14,17,18). The highest BCUT2D eigenvalue weighted by atomic mass is 32.2. The number of nitrogens with two attached hydrogens (primary N) is 2. The van der Waals surface area contributed by atoms with Gasteiger partial charge in [0.1, 0.15) is 4.90 Å². The van der Waals surface area contributed by atoms with Gasteiger partial charge in [0.15, 0.2) is 0 Å². The molecule has 112 valence electrons. The van der Waals surface area contributed by atoms with Gasteiger partial charge in [0.2, 0.25) is 10.0 Å². The van der Waals surface area contributed by atoms with Crippen molar-refractivity contribution in [1.82, 2.24) is 0 Å². The monoisotopic (exact) mass is 301 g/mol. The molecule has 0 radical (unpaired) electrons. The Morgan fingerprint density at radius 2 is 2.00 bits per heavy atom. The van der Waals surface area contributed by atoms with E-state index in [0.29, 0.717) is 38.3 Å². The molecule has 2 rings (SSSR count). The molecule has 0 atom stereocenters. The van der Waals surface area contributed by atoms with E-state index in [4.69, 9.17) is 15.6 Å². The van der Waals surface area contributed by atoms with Crippen LogP contribution in [0.3, 0.4) is 0 Å². The zero-order valence-electron chi connectivity index (χ0n) is 11.0. The number of anilines is 2. The molecule has 6 N–H and O–H groups in total. The summed E-state index contributed by atoms with van der Waals surface area (Å²) in [5.41, 5.74) is 5.57. The molecule has 0 saturated carbocycles. The predicted molar refractivity (Wildman–Crippen MR) is 75.7 cm³/mol. The Morgan fingerprint density at radius 3 is 2.55 bits per heavy atom. The van der Waals surface area contributed by atoms with E-state index in [-0.39, 0.29) is 10.6 Å². The topological polar surface area (TPSA) is 128 Å². The van der Waals surface area contributed by atoms with Crippen LogP contribution >= 0.6 is 0 Å². The number of hydrogen-bond donors (Lipinski definition) is 4. The zero-order valence-corrected chi connectivity index (χ0v) is 11.8. The summed E-state index contributed by atoms with van der Waals surface area (Å²) in [5.74, 6) is 0. The molecule has 7 nitrogen and oxygen atoms in total. The second-order valence-electron chi connectivity index (χ2n) is 4.99. The fourth-order valence-corrected chi connectivity index (χ4v) is 2.76. The third-order valence-electron chi connectivity index (χ3n) is 3.36. The zero-order chi connectivity index (χ0) is 14.8. The lowest BCUT2D eigenvalue weighted by atomic mass is 9.94. The number of nitrogens with one attached hydrogen (secondary N) is 1. The van der Waals surface area contributed by atoms with Gasteiger partial charge >= 0.3 is 0 Å². The smallest absolute Gasteiger partial charge is 0.240 e. The fourth-order valence-electron chi connectivity index (χ4n) is 2.11. The molecule has 20 heavy (non-hydrogen) atoms. The molecule has 1 saturated heterocycles. The molecule has 0 spiro atoms. The van der Waals surface area contributed by atoms with Gasteiger partial charge in [-0.15, -0.1) is 0 Å². The van der Waals surface area contributed by atoms with Crippen LogP contribution in [0.25, 0.3) is 0 Å². The second-order valence-corrected chi connectivity index (χ2v) is 6.52. The minimum absolute atomic E-state index is 0.0801. The number of ether oxygens (including phenoxy) is 1. The van der Waals surface area contributed by atoms with Gasteiger partial charge in [-0.3, -0.25) is 0 Å². The van der Waals surface area contributed by atoms with Crippen LogP contribution in [0.2, 0.25) is 0 Å². The second kappa shape index (κ2) is 5.57. The Balaban J connectivity index is 2.06. The maximum Gasteiger partial charge on any atom is 0.240 e. The highest BCUT2D eigenvalue weighted by molar-refractivity contribution is 7.89. The van der Waals surface area contributed by atoms with Crippen LogP contribution in [0, 0.1) is 0 Å². The van der Waals surface area contributed by atoms with Crippen molar-refractivity contribution in [2.75, 3.05) is 30.8 Å². The highest BCUT2D eigenvalue weighted by Crippen LogP contribution is 2.24. The number of benzene rings is 1. The van der Waals surface area contributed by atoms with E-state index in [1.807, 2.05) is 0 Å². The van der Waals surface area contributed by atoms with Crippen molar-refractivity contribution < 1.29 is 18.3 Å². The Morgan fingerprint density at radius 1 is 1.35 bits per heavy atom. The SMILES string of the molecule is Nc1cc(NCC2(O)CCOCC2)ccc1S(N)(=O)=O. The minimum Gasteiger partial charge on any atom is -0.398 e. The molecule has 1 fully saturated rings. The summed E-state index contributed by atoms with van der Waals surface area (Å²) in [6.07, 6.45) is 1.12. The van der Waals surface area contributed by atoms with Gasteiger partial charge in [0.25, 0.3) is 0 Å². The van der Waals surface area contributed by atoms with E-state index in [9.17, 15) is 13.5 Å². The largest absolute Gasteiger partial charge is 0.398 e. The van der Waals surface area contributed by atoms with Crippen molar-refractivity contribution in [3.63, 3.8) is 0 Å². The average Bonchev–Trinajstić information content (AvgIpc) is 2.36. The molecule has 0 unspecified atom stereocenters. The summed E-state index contributed by atoms with van der Waals surface area (Å²) in [6, 6.07) is 4.41. The first-order chi connectivity index (χ1) is 9.30. The van der Waals surface area contributed by atoms with Crippen molar-refractivity contribution in [2.24, 2.45) is 5.14 Å². The Bertz CT molecular complexity index is 582. The van der Waals surface area contributed by atoms with E-state index in [1.54, 1.807) is 6.07 Å². The van der Waals surface area contributed by atoms with E-state index in [1.165, 1.54) is 12.1 Å². The fraction of sp³-hybridized carbons (Fsp3) is 0.500. The minimum atomic E-state index is -3.82. The van der Waals surface area contributed by atoms with Gasteiger partial charge in [0, 0.05) is 38.3 Å². The molecule has 1 heterocycles. The summed E-state index contributed by atoms with van der Waals surface area (Å²) >= 11 is 0. The Labute approximate surface area is 118 Å². The quantitative estimate of drug-likeness (QED) is 0.574. The number of aliphatic hydroxyl groups is 1. The van der Waals surface area contributed by atoms with Crippen LogP contribution in [0.4, 0.5) is 11.4 Å². The maximum atomic E-state index is 11.2. The van der Waals surface area contributed by atoms with E-state index >= 15 is 0 Å². The molecule has 1 aromatic carbocycles. The van der Waals surface area contributed by atoms with E-state index in [0.717, 1.165) is 0 Å². The lowest BCUT2D eigenvalue weighted by Crippen LogP contribution is -2.42. The highest BCUT2D eigenvalue weighted by Gasteiger charge is 2.29. The molecule has 0 amide bonds. The molecule has 0 bridgehead atoms. The van der Waals surface area contributed by atoms with Crippen molar-refractivity contribution in [1.29, 1.82) is 0 Å². The predicted octanol–water partition coefficient (Wildman–Crippen LogP) is -0.130. The van der Waals surface area contributed by atoms with Crippen molar-refractivity contribution >= 4 is 21.4 Å². The van der Waals surface area contributed by atoms with Crippen LogP contribution < -0.4 is 16.2 Å². The van der Waals surface area contributed by atoms with Crippen molar-refractivity contribution in [3.8, 4) is 0 Å². The van der Waals surface area contributed by atoms with Gasteiger partial charge in [-0.2, -0.15) is 0 Å². The van der Waals surface area contributed by atoms with Crippen molar-refractivity contribution in [3.05, 3.63) is 18.2 Å². The first kappa shape index (κ1) is 15.0. The third kappa shape index (κ3) is 3.60. The molecule has 0 aliphatic carbocycles. The Hall–Kier alpha value is -1.35. The molecule has 1 aliphatic heterocycles.